The zero-order valence-electron chi connectivity index (χ0n) is 17.5. The van der Waals surface area contributed by atoms with E-state index in [0.717, 1.165) is 32.6 Å². The molecule has 0 bridgehead atoms. The molecule has 0 unspecified atom stereocenters. The Morgan fingerprint density at radius 2 is 1.87 bits per heavy atom. The Bertz CT molecular complexity index is 1220. The molecule has 0 aliphatic rings. The van der Waals surface area contributed by atoms with Crippen LogP contribution in [0.4, 0.5) is 5.13 Å². The molecule has 0 spiro atoms. The van der Waals surface area contributed by atoms with Gasteiger partial charge in [0.05, 0.1) is 24.0 Å². The van der Waals surface area contributed by atoms with Gasteiger partial charge in [-0.15, -0.1) is 0 Å². The molecule has 5 nitrogen and oxygen atoms in total. The molecule has 30 heavy (non-hydrogen) atoms. The Balaban J connectivity index is 1.85. The van der Waals surface area contributed by atoms with Crippen LogP contribution in [0, 0.1) is 20.8 Å². The lowest BCUT2D eigenvalue weighted by molar-refractivity contribution is 0.0984. The number of aryl methyl sites for hydroxylation is 3. The lowest BCUT2D eigenvalue weighted by Crippen LogP contribution is -2.31. The van der Waals surface area contributed by atoms with E-state index in [1.165, 1.54) is 11.3 Å². The number of hydrogen-bond donors (Lipinski definition) is 0. The summed E-state index contributed by atoms with van der Waals surface area (Å²) in [6.45, 7) is 6.33. The molecule has 0 aliphatic carbocycles. The van der Waals surface area contributed by atoms with Gasteiger partial charge in [0.25, 0.3) is 5.91 Å². The standard InChI is InChI=1S/C24H23N3O2S/c1-15-8-9-16(2)19(13-15)23(28)27(14-18-7-5-6-12-25-18)24-26-21-20(29-4)11-10-17(3)22(21)30-24/h5-13H,14H2,1-4H3. The number of carbonyl (C=O) groups excluding carboxylic acids is 1. The molecule has 0 N–H and O–H groups in total. The summed E-state index contributed by atoms with van der Waals surface area (Å²) in [4.78, 5) is 24.6. The number of hydrogen-bond acceptors (Lipinski definition) is 5. The van der Waals surface area contributed by atoms with Crippen molar-refractivity contribution < 1.29 is 9.53 Å². The van der Waals surface area contributed by atoms with Crippen molar-refractivity contribution in [2.24, 2.45) is 0 Å². The first-order chi connectivity index (χ1) is 14.5. The van der Waals surface area contributed by atoms with Crippen LogP contribution >= 0.6 is 11.3 Å². The Kier molecular flexibility index (Phi) is 5.50. The monoisotopic (exact) mass is 417 g/mol. The summed E-state index contributed by atoms with van der Waals surface area (Å²) in [6.07, 6.45) is 1.74. The fraction of sp³-hybridized carbons (Fsp3) is 0.208. The van der Waals surface area contributed by atoms with E-state index in [-0.39, 0.29) is 5.91 Å². The summed E-state index contributed by atoms with van der Waals surface area (Å²) in [7, 11) is 1.63. The van der Waals surface area contributed by atoms with Crippen LogP contribution in [0.3, 0.4) is 0 Å². The van der Waals surface area contributed by atoms with Gasteiger partial charge in [0.1, 0.15) is 11.3 Å². The van der Waals surface area contributed by atoms with Gasteiger partial charge in [-0.05, 0) is 56.2 Å². The minimum atomic E-state index is -0.0856. The number of carbonyl (C=O) groups is 1. The van der Waals surface area contributed by atoms with E-state index in [0.29, 0.717) is 23.0 Å². The van der Waals surface area contributed by atoms with Crippen molar-refractivity contribution in [1.29, 1.82) is 0 Å². The largest absolute Gasteiger partial charge is 0.494 e. The molecular weight excluding hydrogens is 394 g/mol. The van der Waals surface area contributed by atoms with Crippen molar-refractivity contribution in [3.63, 3.8) is 0 Å². The van der Waals surface area contributed by atoms with E-state index in [2.05, 4.69) is 4.98 Å². The van der Waals surface area contributed by atoms with E-state index in [9.17, 15) is 4.79 Å². The first-order valence-corrected chi connectivity index (χ1v) is 10.5. The van der Waals surface area contributed by atoms with E-state index in [1.807, 2.05) is 69.3 Å². The Labute approximate surface area is 180 Å². The van der Waals surface area contributed by atoms with Gasteiger partial charge < -0.3 is 4.74 Å². The van der Waals surface area contributed by atoms with Crippen LogP contribution in [0.15, 0.2) is 54.7 Å². The van der Waals surface area contributed by atoms with Gasteiger partial charge in [-0.25, -0.2) is 4.98 Å². The predicted octanol–water partition coefficient (Wildman–Crippen LogP) is 5.47. The lowest BCUT2D eigenvalue weighted by atomic mass is 10.0. The first kappa shape index (κ1) is 20.0. The highest BCUT2D eigenvalue weighted by molar-refractivity contribution is 7.22. The zero-order valence-corrected chi connectivity index (χ0v) is 18.3. The van der Waals surface area contributed by atoms with Crippen LogP contribution in [0.5, 0.6) is 5.75 Å². The number of ether oxygens (including phenoxy) is 1. The van der Waals surface area contributed by atoms with Gasteiger partial charge in [-0.2, -0.15) is 0 Å². The van der Waals surface area contributed by atoms with Gasteiger partial charge >= 0.3 is 0 Å². The fourth-order valence-corrected chi connectivity index (χ4v) is 4.42. The molecule has 4 aromatic rings. The number of rotatable bonds is 5. The third-order valence-corrected chi connectivity index (χ3v) is 6.27. The second kappa shape index (κ2) is 8.24. The molecule has 6 heteroatoms. The first-order valence-electron chi connectivity index (χ1n) is 9.71. The lowest BCUT2D eigenvalue weighted by Gasteiger charge is -2.21. The molecular formula is C24H23N3O2S. The number of benzene rings is 2. The molecule has 1 amide bonds. The summed E-state index contributed by atoms with van der Waals surface area (Å²) in [6, 6.07) is 15.6. The van der Waals surface area contributed by atoms with Crippen molar-refractivity contribution >= 4 is 32.6 Å². The minimum Gasteiger partial charge on any atom is -0.494 e. The predicted molar refractivity (Wildman–Crippen MR) is 122 cm³/mol. The summed E-state index contributed by atoms with van der Waals surface area (Å²) in [5, 5.41) is 0.633. The molecule has 0 radical (unpaired) electrons. The third-order valence-electron chi connectivity index (χ3n) is 5.06. The van der Waals surface area contributed by atoms with Gasteiger partial charge in [-0.3, -0.25) is 14.7 Å². The number of fused-ring (bicyclic) bond motifs is 1. The maximum Gasteiger partial charge on any atom is 0.260 e. The molecule has 0 saturated heterocycles. The summed E-state index contributed by atoms with van der Waals surface area (Å²) >= 11 is 1.50. The van der Waals surface area contributed by atoms with Crippen molar-refractivity contribution in [2.75, 3.05) is 12.0 Å². The maximum absolute atomic E-state index is 13.7. The van der Waals surface area contributed by atoms with Crippen LogP contribution in [0.2, 0.25) is 0 Å². The number of methoxy groups -OCH3 is 1. The van der Waals surface area contributed by atoms with Crippen LogP contribution in [0.1, 0.15) is 32.7 Å². The number of nitrogens with zero attached hydrogens (tertiary/aromatic N) is 3. The third kappa shape index (κ3) is 3.78. The van der Waals surface area contributed by atoms with Gasteiger partial charge in [-0.1, -0.05) is 41.2 Å². The quantitative estimate of drug-likeness (QED) is 0.432. The van der Waals surface area contributed by atoms with Crippen LogP contribution in [0.25, 0.3) is 10.2 Å². The van der Waals surface area contributed by atoms with Crippen molar-refractivity contribution in [3.8, 4) is 5.75 Å². The minimum absolute atomic E-state index is 0.0856. The van der Waals surface area contributed by atoms with Crippen molar-refractivity contribution in [1.82, 2.24) is 9.97 Å². The Morgan fingerprint density at radius 1 is 1.07 bits per heavy atom. The highest BCUT2D eigenvalue weighted by Gasteiger charge is 2.24. The highest BCUT2D eigenvalue weighted by Crippen LogP contribution is 2.37. The average Bonchev–Trinajstić information content (AvgIpc) is 3.20. The van der Waals surface area contributed by atoms with Crippen molar-refractivity contribution in [2.45, 2.75) is 27.3 Å². The molecule has 4 rings (SSSR count). The number of thiazole rings is 1. The van der Waals surface area contributed by atoms with E-state index >= 15 is 0 Å². The fourth-order valence-electron chi connectivity index (χ4n) is 3.37. The Morgan fingerprint density at radius 3 is 2.60 bits per heavy atom. The maximum atomic E-state index is 13.7. The topological polar surface area (TPSA) is 55.3 Å². The molecule has 2 heterocycles. The van der Waals surface area contributed by atoms with E-state index in [1.54, 1.807) is 18.2 Å². The van der Waals surface area contributed by atoms with E-state index in [4.69, 9.17) is 9.72 Å². The molecule has 152 valence electrons. The normalized spacial score (nSPS) is 10.9. The average molecular weight is 418 g/mol. The summed E-state index contributed by atoms with van der Waals surface area (Å²) < 4.78 is 6.52. The molecule has 0 saturated carbocycles. The molecule has 2 aromatic carbocycles. The SMILES string of the molecule is COc1ccc(C)c2sc(N(Cc3ccccn3)C(=O)c3cc(C)ccc3C)nc12. The van der Waals surface area contributed by atoms with Crippen LogP contribution < -0.4 is 9.64 Å². The van der Waals surface area contributed by atoms with Gasteiger partial charge in [0.15, 0.2) is 5.13 Å². The second-order valence-electron chi connectivity index (χ2n) is 7.29. The molecule has 0 atom stereocenters. The smallest absolute Gasteiger partial charge is 0.260 e. The molecule has 0 fully saturated rings. The highest BCUT2D eigenvalue weighted by atomic mass is 32.1. The number of anilines is 1. The van der Waals surface area contributed by atoms with Crippen LogP contribution in [-0.4, -0.2) is 23.0 Å². The molecule has 2 aromatic heterocycles. The number of pyridine rings is 1. The summed E-state index contributed by atoms with van der Waals surface area (Å²) in [5.41, 5.74) is 5.34. The van der Waals surface area contributed by atoms with Crippen LogP contribution in [-0.2, 0) is 6.54 Å². The molecule has 0 aliphatic heterocycles. The number of amides is 1. The Hall–Kier alpha value is -3.25. The van der Waals surface area contributed by atoms with Crippen molar-refractivity contribution in [3.05, 3.63) is 82.7 Å². The second-order valence-corrected chi connectivity index (χ2v) is 8.27. The van der Waals surface area contributed by atoms with Gasteiger partial charge in [0.2, 0.25) is 0 Å². The van der Waals surface area contributed by atoms with Gasteiger partial charge in [0, 0.05) is 11.8 Å². The summed E-state index contributed by atoms with van der Waals surface area (Å²) in [5.74, 6) is 0.618. The zero-order chi connectivity index (χ0) is 21.3. The van der Waals surface area contributed by atoms with E-state index < -0.39 is 0 Å². The number of aromatic nitrogens is 2.